The first-order valence-corrected chi connectivity index (χ1v) is 5.95. The van der Waals surface area contributed by atoms with Gasteiger partial charge in [-0.15, -0.1) is 0 Å². The second-order valence-electron chi connectivity index (χ2n) is 4.12. The molecule has 4 nitrogen and oxygen atoms in total. The molecule has 0 bridgehead atoms. The fourth-order valence-electron chi connectivity index (χ4n) is 1.60. The lowest BCUT2D eigenvalue weighted by Crippen LogP contribution is -2.17. The number of aromatic nitrogens is 2. The number of fused-ring (bicyclic) bond motifs is 1. The highest BCUT2D eigenvalue weighted by Crippen LogP contribution is 2.30. The minimum Gasteiger partial charge on any atom is -0.496 e. The van der Waals surface area contributed by atoms with E-state index in [1.165, 1.54) is 0 Å². The number of imidazole rings is 1. The van der Waals surface area contributed by atoms with E-state index in [1.807, 2.05) is 16.7 Å². The molecule has 2 aromatic rings. The minimum absolute atomic E-state index is 0.655. The monoisotopic (exact) mass is 332 g/mol. The van der Waals surface area contributed by atoms with Crippen molar-refractivity contribution in [2.75, 3.05) is 7.11 Å². The third kappa shape index (κ3) is 1.89. The number of aliphatic hydroxyl groups is 1. The van der Waals surface area contributed by atoms with Crippen molar-refractivity contribution in [3.63, 3.8) is 0 Å². The normalized spacial score (nSPS) is 12.1. The van der Waals surface area contributed by atoms with Gasteiger partial charge in [0.2, 0.25) is 0 Å². The molecule has 0 aromatic carbocycles. The Labute approximate surface area is 107 Å². The third-order valence-corrected chi connectivity index (χ3v) is 3.24. The highest BCUT2D eigenvalue weighted by molar-refractivity contribution is 14.1. The Bertz CT molecular complexity index is 528. The molecule has 2 rings (SSSR count). The number of methoxy groups -OCH3 is 1. The summed E-state index contributed by atoms with van der Waals surface area (Å²) in [5, 5.41) is 10.1. The first kappa shape index (κ1) is 11.7. The van der Waals surface area contributed by atoms with E-state index in [1.54, 1.807) is 27.2 Å². The summed E-state index contributed by atoms with van der Waals surface area (Å²) in [6, 6.07) is 1.83. The zero-order valence-electron chi connectivity index (χ0n) is 9.36. The zero-order valence-corrected chi connectivity index (χ0v) is 11.5. The molecule has 5 heteroatoms. The van der Waals surface area contributed by atoms with Crippen LogP contribution < -0.4 is 4.74 Å². The molecule has 0 amide bonds. The predicted octanol–water partition coefficient (Wildman–Crippen LogP) is 2.17. The van der Waals surface area contributed by atoms with Crippen LogP contribution in [0.4, 0.5) is 0 Å². The van der Waals surface area contributed by atoms with Gasteiger partial charge in [0, 0.05) is 17.8 Å². The standard InChI is InChI=1S/C11H13IN2O2/c1-11(2,15)7-6-14-9(12)5-13-10(14)4-8(7)16-3/h4-6,15H,1-3H3. The number of nitrogens with zero attached hydrogens (tertiary/aromatic N) is 2. The molecule has 16 heavy (non-hydrogen) atoms. The number of rotatable bonds is 2. The predicted molar refractivity (Wildman–Crippen MR) is 69.7 cm³/mol. The largest absolute Gasteiger partial charge is 0.496 e. The van der Waals surface area contributed by atoms with Crippen molar-refractivity contribution < 1.29 is 9.84 Å². The van der Waals surface area contributed by atoms with Gasteiger partial charge >= 0.3 is 0 Å². The van der Waals surface area contributed by atoms with Gasteiger partial charge in [-0.1, -0.05) is 0 Å². The van der Waals surface area contributed by atoms with E-state index in [2.05, 4.69) is 27.6 Å². The van der Waals surface area contributed by atoms with Gasteiger partial charge in [-0.05, 0) is 36.4 Å². The first-order valence-electron chi connectivity index (χ1n) is 4.87. The smallest absolute Gasteiger partial charge is 0.141 e. The van der Waals surface area contributed by atoms with E-state index < -0.39 is 5.60 Å². The summed E-state index contributed by atoms with van der Waals surface area (Å²) in [7, 11) is 1.59. The van der Waals surface area contributed by atoms with Gasteiger partial charge in [0.25, 0.3) is 0 Å². The molecule has 2 heterocycles. The highest BCUT2D eigenvalue weighted by Gasteiger charge is 2.22. The van der Waals surface area contributed by atoms with Crippen LogP contribution in [-0.4, -0.2) is 21.6 Å². The second-order valence-corrected chi connectivity index (χ2v) is 5.23. The van der Waals surface area contributed by atoms with Crippen LogP contribution in [0, 0.1) is 3.70 Å². The Morgan fingerprint density at radius 3 is 2.75 bits per heavy atom. The van der Waals surface area contributed by atoms with Crippen molar-refractivity contribution >= 4 is 28.2 Å². The van der Waals surface area contributed by atoms with E-state index in [9.17, 15) is 5.11 Å². The summed E-state index contributed by atoms with van der Waals surface area (Å²) in [6.45, 7) is 3.47. The fourth-order valence-corrected chi connectivity index (χ4v) is 2.13. The SMILES string of the molecule is COc1cc2ncc(I)n2cc1C(C)(C)O. The number of ether oxygens (including phenoxy) is 1. The van der Waals surface area contributed by atoms with Crippen LogP contribution in [0.2, 0.25) is 0 Å². The first-order chi connectivity index (χ1) is 7.43. The van der Waals surface area contributed by atoms with Crippen LogP contribution in [0.25, 0.3) is 5.65 Å². The van der Waals surface area contributed by atoms with Crippen LogP contribution in [0.1, 0.15) is 19.4 Å². The van der Waals surface area contributed by atoms with Crippen LogP contribution >= 0.6 is 22.6 Å². The van der Waals surface area contributed by atoms with Crippen LogP contribution in [0.3, 0.4) is 0 Å². The lowest BCUT2D eigenvalue weighted by Gasteiger charge is -2.21. The zero-order chi connectivity index (χ0) is 11.9. The molecule has 0 aliphatic rings. The second kappa shape index (κ2) is 3.89. The van der Waals surface area contributed by atoms with Gasteiger partial charge in [0.1, 0.15) is 15.1 Å². The maximum Gasteiger partial charge on any atom is 0.141 e. The number of hydrogen-bond acceptors (Lipinski definition) is 3. The Morgan fingerprint density at radius 1 is 1.50 bits per heavy atom. The molecule has 1 N–H and O–H groups in total. The average Bonchev–Trinajstić information content (AvgIpc) is 2.57. The van der Waals surface area contributed by atoms with Gasteiger partial charge < -0.3 is 9.84 Å². The molecule has 0 unspecified atom stereocenters. The summed E-state index contributed by atoms with van der Waals surface area (Å²) in [4.78, 5) is 4.24. The summed E-state index contributed by atoms with van der Waals surface area (Å²) >= 11 is 2.20. The number of hydrogen-bond donors (Lipinski definition) is 1. The molecule has 0 aliphatic carbocycles. The van der Waals surface area contributed by atoms with Crippen molar-refractivity contribution in [1.29, 1.82) is 0 Å². The van der Waals surface area contributed by atoms with Crippen LogP contribution in [0.15, 0.2) is 18.5 Å². The Balaban J connectivity index is 2.75. The molecule has 86 valence electrons. The average molecular weight is 332 g/mol. The molecule has 0 aliphatic heterocycles. The maximum absolute atomic E-state index is 10.1. The van der Waals surface area contributed by atoms with Crippen molar-refractivity contribution in [2.45, 2.75) is 19.4 Å². The van der Waals surface area contributed by atoms with Gasteiger partial charge in [-0.2, -0.15) is 0 Å². The summed E-state index contributed by atoms with van der Waals surface area (Å²) in [6.07, 6.45) is 3.65. The maximum atomic E-state index is 10.1. The lowest BCUT2D eigenvalue weighted by molar-refractivity contribution is 0.0751. The van der Waals surface area contributed by atoms with E-state index in [-0.39, 0.29) is 0 Å². The van der Waals surface area contributed by atoms with Crippen LogP contribution in [0.5, 0.6) is 5.75 Å². The molecule has 2 aromatic heterocycles. The highest BCUT2D eigenvalue weighted by atomic mass is 127. The van der Waals surface area contributed by atoms with E-state index in [0.29, 0.717) is 5.75 Å². The van der Waals surface area contributed by atoms with Crippen molar-refractivity contribution in [1.82, 2.24) is 9.38 Å². The summed E-state index contributed by atoms with van der Waals surface area (Å²) < 4.78 is 8.20. The lowest BCUT2D eigenvalue weighted by atomic mass is 9.99. The molecule has 0 radical (unpaired) electrons. The Hall–Kier alpha value is -0.820. The minimum atomic E-state index is -0.938. The van der Waals surface area contributed by atoms with Crippen molar-refractivity contribution in [3.8, 4) is 5.75 Å². The summed E-state index contributed by atoms with van der Waals surface area (Å²) in [5.74, 6) is 0.655. The van der Waals surface area contributed by atoms with Crippen molar-refractivity contribution in [2.24, 2.45) is 0 Å². The molecule has 0 saturated carbocycles. The Kier molecular flexibility index (Phi) is 2.83. The molecule has 0 fully saturated rings. The molecular weight excluding hydrogens is 319 g/mol. The third-order valence-electron chi connectivity index (χ3n) is 2.44. The summed E-state index contributed by atoms with van der Waals surface area (Å²) in [5.41, 5.74) is 0.625. The van der Waals surface area contributed by atoms with Crippen LogP contribution in [-0.2, 0) is 5.60 Å². The molecule has 0 spiro atoms. The number of halogens is 1. The molecular formula is C11H13IN2O2. The number of pyridine rings is 1. The van der Waals surface area contributed by atoms with E-state index >= 15 is 0 Å². The molecule has 0 atom stereocenters. The van der Waals surface area contributed by atoms with Gasteiger partial charge in [-0.3, -0.25) is 4.40 Å². The quantitative estimate of drug-likeness (QED) is 0.858. The van der Waals surface area contributed by atoms with Gasteiger partial charge in [-0.25, -0.2) is 4.98 Å². The van der Waals surface area contributed by atoms with Crippen molar-refractivity contribution in [3.05, 3.63) is 27.7 Å². The van der Waals surface area contributed by atoms with E-state index in [4.69, 9.17) is 4.74 Å². The van der Waals surface area contributed by atoms with E-state index in [0.717, 1.165) is 14.9 Å². The fraction of sp³-hybridized carbons (Fsp3) is 0.364. The Morgan fingerprint density at radius 2 is 2.19 bits per heavy atom. The molecule has 0 saturated heterocycles. The topological polar surface area (TPSA) is 46.8 Å². The van der Waals surface area contributed by atoms with Gasteiger partial charge in [0.05, 0.1) is 18.9 Å². The van der Waals surface area contributed by atoms with Gasteiger partial charge in [0.15, 0.2) is 0 Å².